The average molecular weight is 487 g/mol. The summed E-state index contributed by atoms with van der Waals surface area (Å²) in [6.45, 7) is 1.93. The molecule has 0 aliphatic carbocycles. The van der Waals surface area contributed by atoms with Crippen LogP contribution in [-0.4, -0.2) is 34.5 Å². The highest BCUT2D eigenvalue weighted by atomic mass is 35.5. The van der Waals surface area contributed by atoms with Crippen LogP contribution in [0.15, 0.2) is 77.7 Å². The Kier molecular flexibility index (Phi) is 8.36. The lowest BCUT2D eigenvalue weighted by atomic mass is 10.1. The summed E-state index contributed by atoms with van der Waals surface area (Å²) in [5.41, 5.74) is 2.30. The zero-order chi connectivity index (χ0) is 23.8. The van der Waals surface area contributed by atoms with E-state index in [9.17, 15) is 13.2 Å². The van der Waals surface area contributed by atoms with E-state index in [1.54, 1.807) is 48.5 Å². The Morgan fingerprint density at radius 2 is 1.76 bits per heavy atom. The van der Waals surface area contributed by atoms with E-state index in [0.29, 0.717) is 35.8 Å². The number of methoxy groups -OCH3 is 1. The van der Waals surface area contributed by atoms with Crippen LogP contribution in [0.4, 0.5) is 5.69 Å². The lowest BCUT2D eigenvalue weighted by Crippen LogP contribution is -2.41. The number of hydrogen-bond donors (Lipinski definition) is 1. The molecule has 1 N–H and O–H groups in total. The fourth-order valence-corrected chi connectivity index (χ4v) is 4.96. The van der Waals surface area contributed by atoms with E-state index in [0.717, 1.165) is 15.4 Å². The van der Waals surface area contributed by atoms with E-state index in [-0.39, 0.29) is 11.4 Å². The van der Waals surface area contributed by atoms with Gasteiger partial charge in [-0.3, -0.25) is 9.10 Å². The van der Waals surface area contributed by atoms with Crippen molar-refractivity contribution in [3.8, 4) is 5.75 Å². The summed E-state index contributed by atoms with van der Waals surface area (Å²) >= 11 is 6.17. The minimum Gasteiger partial charge on any atom is -0.497 e. The molecule has 0 aliphatic heterocycles. The normalized spacial score (nSPS) is 11.1. The number of aryl methyl sites for hydroxylation is 2. The van der Waals surface area contributed by atoms with Crippen LogP contribution in [0.1, 0.15) is 17.5 Å². The van der Waals surface area contributed by atoms with Crippen molar-refractivity contribution >= 4 is 33.2 Å². The van der Waals surface area contributed by atoms with Crippen LogP contribution in [0, 0.1) is 6.92 Å². The van der Waals surface area contributed by atoms with Gasteiger partial charge in [-0.2, -0.15) is 0 Å². The number of sulfonamides is 1. The SMILES string of the molecule is COc1cccc(N(CC(=O)NCCCc2ccccc2Cl)S(=O)(=O)c2ccc(C)cc2)c1. The molecule has 3 aromatic carbocycles. The van der Waals surface area contributed by atoms with E-state index >= 15 is 0 Å². The molecule has 1 amide bonds. The van der Waals surface area contributed by atoms with Crippen LogP contribution in [0.25, 0.3) is 0 Å². The zero-order valence-corrected chi connectivity index (χ0v) is 20.2. The number of nitrogens with one attached hydrogen (secondary N) is 1. The highest BCUT2D eigenvalue weighted by Crippen LogP contribution is 2.27. The quantitative estimate of drug-likeness (QED) is 0.425. The molecule has 0 aromatic heterocycles. The van der Waals surface area contributed by atoms with Crippen LogP contribution in [-0.2, 0) is 21.2 Å². The fraction of sp³-hybridized carbons (Fsp3) is 0.240. The third kappa shape index (κ3) is 6.49. The number of carbonyl (C=O) groups excluding carboxylic acids is 1. The number of halogens is 1. The Balaban J connectivity index is 1.74. The van der Waals surface area contributed by atoms with Crippen molar-refractivity contribution in [2.75, 3.05) is 24.5 Å². The molecule has 0 heterocycles. The summed E-state index contributed by atoms with van der Waals surface area (Å²) in [6, 6.07) is 20.7. The number of nitrogens with zero attached hydrogens (tertiary/aromatic N) is 1. The molecule has 0 saturated carbocycles. The van der Waals surface area contributed by atoms with Gasteiger partial charge in [0.05, 0.1) is 17.7 Å². The molecule has 0 bridgehead atoms. The standard InChI is InChI=1S/C25H27ClN2O4S/c1-19-12-14-23(15-13-19)33(30,31)28(21-9-5-10-22(17-21)32-2)18-25(29)27-16-6-8-20-7-3-4-11-24(20)26/h3-5,7,9-15,17H,6,8,16,18H2,1-2H3,(H,27,29). The molecular weight excluding hydrogens is 460 g/mol. The first-order valence-electron chi connectivity index (χ1n) is 10.5. The topological polar surface area (TPSA) is 75.7 Å². The number of carbonyl (C=O) groups is 1. The van der Waals surface area contributed by atoms with Crippen molar-refractivity contribution in [1.29, 1.82) is 0 Å². The Labute approximate surface area is 200 Å². The predicted molar refractivity (Wildman–Crippen MR) is 131 cm³/mol. The summed E-state index contributed by atoms with van der Waals surface area (Å²) in [6.07, 6.45) is 1.39. The maximum absolute atomic E-state index is 13.4. The van der Waals surface area contributed by atoms with Gasteiger partial charge in [0.25, 0.3) is 10.0 Å². The lowest BCUT2D eigenvalue weighted by Gasteiger charge is -2.24. The van der Waals surface area contributed by atoms with Gasteiger partial charge in [0.2, 0.25) is 5.91 Å². The largest absolute Gasteiger partial charge is 0.497 e. The third-order valence-corrected chi connectivity index (χ3v) is 7.30. The number of rotatable bonds is 10. The van der Waals surface area contributed by atoms with Crippen molar-refractivity contribution in [3.05, 3.63) is 88.9 Å². The van der Waals surface area contributed by atoms with Crippen LogP contribution in [0.2, 0.25) is 5.02 Å². The molecule has 0 fully saturated rings. The molecule has 33 heavy (non-hydrogen) atoms. The summed E-state index contributed by atoms with van der Waals surface area (Å²) in [5, 5.41) is 3.51. The van der Waals surface area contributed by atoms with Crippen molar-refractivity contribution in [3.63, 3.8) is 0 Å². The van der Waals surface area contributed by atoms with E-state index in [1.807, 2.05) is 31.2 Å². The molecule has 6 nitrogen and oxygen atoms in total. The first-order valence-corrected chi connectivity index (χ1v) is 12.4. The van der Waals surface area contributed by atoms with Gasteiger partial charge < -0.3 is 10.1 Å². The maximum Gasteiger partial charge on any atom is 0.264 e. The summed E-state index contributed by atoms with van der Waals surface area (Å²) in [5.74, 6) is 0.101. The second kappa shape index (κ2) is 11.2. The molecule has 0 spiro atoms. The van der Waals surface area contributed by atoms with Gasteiger partial charge >= 0.3 is 0 Å². The number of anilines is 1. The van der Waals surface area contributed by atoms with Gasteiger partial charge in [-0.05, 0) is 55.7 Å². The molecular formula is C25H27ClN2O4S. The molecule has 0 saturated heterocycles. The Morgan fingerprint density at radius 1 is 1.03 bits per heavy atom. The summed E-state index contributed by atoms with van der Waals surface area (Å²) in [4.78, 5) is 12.8. The fourth-order valence-electron chi connectivity index (χ4n) is 3.31. The molecule has 0 radical (unpaired) electrons. The molecule has 3 aromatic rings. The van der Waals surface area contributed by atoms with E-state index in [2.05, 4.69) is 5.32 Å². The lowest BCUT2D eigenvalue weighted by molar-refractivity contribution is -0.119. The minimum absolute atomic E-state index is 0.113. The molecule has 0 atom stereocenters. The van der Waals surface area contributed by atoms with Crippen LogP contribution in [0.3, 0.4) is 0 Å². The first kappa shape index (κ1) is 24.6. The number of benzene rings is 3. The van der Waals surface area contributed by atoms with Crippen LogP contribution < -0.4 is 14.4 Å². The molecule has 0 aliphatic rings. The maximum atomic E-state index is 13.4. The second-order valence-electron chi connectivity index (χ2n) is 7.57. The molecule has 0 unspecified atom stereocenters. The zero-order valence-electron chi connectivity index (χ0n) is 18.6. The number of amides is 1. The smallest absolute Gasteiger partial charge is 0.264 e. The van der Waals surface area contributed by atoms with Gasteiger partial charge in [0, 0.05) is 17.6 Å². The van der Waals surface area contributed by atoms with Crippen LogP contribution >= 0.6 is 11.6 Å². The first-order chi connectivity index (χ1) is 15.8. The van der Waals surface area contributed by atoms with Crippen molar-refractivity contribution in [2.45, 2.75) is 24.7 Å². The monoisotopic (exact) mass is 486 g/mol. The Morgan fingerprint density at radius 3 is 2.45 bits per heavy atom. The average Bonchev–Trinajstić information content (AvgIpc) is 2.81. The Hall–Kier alpha value is -3.03. The Bertz CT molecular complexity index is 1200. The summed E-state index contributed by atoms with van der Waals surface area (Å²) < 4.78 is 33.2. The highest BCUT2D eigenvalue weighted by molar-refractivity contribution is 7.92. The van der Waals surface area contributed by atoms with E-state index < -0.39 is 15.9 Å². The third-order valence-electron chi connectivity index (χ3n) is 5.14. The van der Waals surface area contributed by atoms with E-state index in [4.69, 9.17) is 16.3 Å². The van der Waals surface area contributed by atoms with Crippen LogP contribution in [0.5, 0.6) is 5.75 Å². The minimum atomic E-state index is -3.97. The van der Waals surface area contributed by atoms with Crippen molar-refractivity contribution in [2.24, 2.45) is 0 Å². The van der Waals surface area contributed by atoms with Crippen molar-refractivity contribution < 1.29 is 17.9 Å². The van der Waals surface area contributed by atoms with Crippen molar-refractivity contribution in [1.82, 2.24) is 5.32 Å². The van der Waals surface area contributed by atoms with Gasteiger partial charge in [-0.25, -0.2) is 8.42 Å². The highest BCUT2D eigenvalue weighted by Gasteiger charge is 2.27. The number of ether oxygens (including phenoxy) is 1. The van der Waals surface area contributed by atoms with Gasteiger partial charge in [-0.1, -0.05) is 53.6 Å². The van der Waals surface area contributed by atoms with E-state index in [1.165, 1.54) is 7.11 Å². The molecule has 8 heteroatoms. The molecule has 174 valence electrons. The number of hydrogen-bond acceptors (Lipinski definition) is 4. The predicted octanol–water partition coefficient (Wildman–Crippen LogP) is 4.60. The second-order valence-corrected chi connectivity index (χ2v) is 9.84. The molecule has 3 rings (SSSR count). The van der Waals surface area contributed by atoms with Gasteiger partial charge in [0.1, 0.15) is 12.3 Å². The van der Waals surface area contributed by atoms with Gasteiger partial charge in [-0.15, -0.1) is 0 Å². The summed E-state index contributed by atoms with van der Waals surface area (Å²) in [7, 11) is -2.47. The van der Waals surface area contributed by atoms with Gasteiger partial charge in [0.15, 0.2) is 0 Å².